The van der Waals surface area contributed by atoms with Crippen molar-refractivity contribution in [1.82, 2.24) is 9.88 Å². The van der Waals surface area contributed by atoms with Crippen molar-refractivity contribution in [2.24, 2.45) is 0 Å². The number of halogens is 2. The Morgan fingerprint density at radius 2 is 1.75 bits per heavy atom. The van der Waals surface area contributed by atoms with Gasteiger partial charge in [-0.1, -0.05) is 18.2 Å². The maximum atomic E-state index is 14.7. The average Bonchev–Trinajstić information content (AvgIpc) is 2.74. The van der Waals surface area contributed by atoms with E-state index in [1.54, 1.807) is 48.7 Å². The van der Waals surface area contributed by atoms with Gasteiger partial charge in [-0.3, -0.25) is 15.0 Å². The Morgan fingerprint density at radius 3 is 2.41 bits per heavy atom. The van der Waals surface area contributed by atoms with E-state index in [1.165, 1.54) is 12.1 Å². The molecule has 2 heterocycles. The molecule has 1 aliphatic rings. The Hall–Kier alpha value is -3.59. The van der Waals surface area contributed by atoms with Crippen molar-refractivity contribution in [3.8, 4) is 0 Å². The fourth-order valence-electron chi connectivity index (χ4n) is 3.18. The van der Waals surface area contributed by atoms with Crippen LogP contribution < -0.4 is 10.6 Å². The van der Waals surface area contributed by atoms with Crippen molar-refractivity contribution in [3.05, 3.63) is 87.8 Å². The molecule has 4 rings (SSSR count). The number of amides is 2. The lowest BCUT2D eigenvalue weighted by Crippen LogP contribution is -2.42. The first-order valence-corrected chi connectivity index (χ1v) is 10.7. The maximum absolute atomic E-state index is 14.7. The van der Waals surface area contributed by atoms with Gasteiger partial charge in [0.15, 0.2) is 0 Å². The van der Waals surface area contributed by atoms with Crippen LogP contribution in [0.25, 0.3) is 0 Å². The van der Waals surface area contributed by atoms with Crippen molar-refractivity contribution in [2.75, 3.05) is 23.7 Å². The highest BCUT2D eigenvalue weighted by molar-refractivity contribution is 9.10. The predicted octanol–water partition coefficient (Wildman–Crippen LogP) is 4.52. The number of anilines is 2. The van der Waals surface area contributed by atoms with Gasteiger partial charge >= 0.3 is 0 Å². The molecule has 9 heteroatoms. The fourth-order valence-corrected chi connectivity index (χ4v) is 3.42. The van der Waals surface area contributed by atoms with Gasteiger partial charge in [-0.15, -0.1) is 0 Å². The highest BCUT2D eigenvalue weighted by Crippen LogP contribution is 2.21. The van der Waals surface area contributed by atoms with Crippen molar-refractivity contribution in [2.45, 2.75) is 6.42 Å². The molecule has 0 unspecified atom stereocenters. The molecule has 1 fully saturated rings. The lowest BCUT2D eigenvalue weighted by Gasteiger charge is -2.33. The quantitative estimate of drug-likeness (QED) is 0.358. The predicted molar refractivity (Wildman–Crippen MR) is 124 cm³/mol. The molecule has 162 valence electrons. The minimum Gasteiger partial charge on any atom is -0.356 e. The molecule has 1 saturated heterocycles. The van der Waals surface area contributed by atoms with Gasteiger partial charge in [-0.2, -0.15) is 0 Å². The number of hydrogen-bond acceptors (Lipinski definition) is 4. The van der Waals surface area contributed by atoms with Crippen molar-refractivity contribution < 1.29 is 14.0 Å². The number of carbonyl (C=O) groups is 2. The molecule has 32 heavy (non-hydrogen) atoms. The first-order valence-electron chi connectivity index (χ1n) is 9.89. The number of benzene rings is 2. The summed E-state index contributed by atoms with van der Waals surface area (Å²) in [7, 11) is 0. The summed E-state index contributed by atoms with van der Waals surface area (Å²) in [6, 6.07) is 13.9. The van der Waals surface area contributed by atoms with E-state index in [1.807, 2.05) is 4.90 Å². The SMILES string of the molecule is N=C(c1ccc(C(=O)Nc2ccccc2C(=O)Nc2ccc(Br)cn2)c(F)c1)N1CCC1. The topological polar surface area (TPSA) is 98.2 Å². The van der Waals surface area contributed by atoms with E-state index in [2.05, 4.69) is 31.5 Å². The van der Waals surface area contributed by atoms with Crippen LogP contribution in [-0.4, -0.2) is 40.6 Å². The summed E-state index contributed by atoms with van der Waals surface area (Å²) in [6.45, 7) is 1.55. The van der Waals surface area contributed by atoms with Gasteiger partial charge in [0.25, 0.3) is 11.8 Å². The molecule has 0 spiro atoms. The van der Waals surface area contributed by atoms with Gasteiger partial charge in [0.05, 0.1) is 16.8 Å². The zero-order chi connectivity index (χ0) is 22.7. The average molecular weight is 496 g/mol. The lowest BCUT2D eigenvalue weighted by molar-refractivity contribution is 0.102. The van der Waals surface area contributed by atoms with E-state index in [0.717, 1.165) is 24.0 Å². The van der Waals surface area contributed by atoms with E-state index in [0.29, 0.717) is 11.4 Å². The number of rotatable bonds is 5. The Balaban J connectivity index is 1.50. The van der Waals surface area contributed by atoms with E-state index in [9.17, 15) is 14.0 Å². The van der Waals surface area contributed by atoms with Crippen LogP contribution in [0.5, 0.6) is 0 Å². The largest absolute Gasteiger partial charge is 0.356 e. The van der Waals surface area contributed by atoms with E-state index < -0.39 is 17.6 Å². The molecule has 3 aromatic rings. The third-order valence-electron chi connectivity index (χ3n) is 5.05. The number of nitrogens with one attached hydrogen (secondary N) is 3. The molecule has 7 nitrogen and oxygen atoms in total. The van der Waals surface area contributed by atoms with Crippen LogP contribution in [0.1, 0.15) is 32.7 Å². The molecule has 3 N–H and O–H groups in total. The highest BCUT2D eigenvalue weighted by Gasteiger charge is 2.21. The van der Waals surface area contributed by atoms with Crippen LogP contribution in [-0.2, 0) is 0 Å². The van der Waals surface area contributed by atoms with Crippen LogP contribution in [0.2, 0.25) is 0 Å². The lowest BCUT2D eigenvalue weighted by atomic mass is 10.1. The number of hydrogen-bond donors (Lipinski definition) is 3. The number of carbonyl (C=O) groups excluding carboxylic acids is 2. The maximum Gasteiger partial charge on any atom is 0.258 e. The molecule has 1 aliphatic heterocycles. The fraction of sp³-hybridized carbons (Fsp3) is 0.130. The minimum atomic E-state index is -0.730. The van der Waals surface area contributed by atoms with E-state index in [4.69, 9.17) is 5.41 Å². The van der Waals surface area contributed by atoms with Gasteiger partial charge in [0, 0.05) is 29.3 Å². The van der Waals surface area contributed by atoms with Crippen LogP contribution in [0.3, 0.4) is 0 Å². The normalized spacial score (nSPS) is 12.6. The molecule has 0 saturated carbocycles. The second kappa shape index (κ2) is 9.27. The molecular formula is C23H19BrFN5O2. The number of nitrogens with zero attached hydrogens (tertiary/aromatic N) is 2. The number of likely N-dealkylation sites (tertiary alicyclic amines) is 1. The number of para-hydroxylation sites is 1. The minimum absolute atomic E-state index is 0.171. The Kier molecular flexibility index (Phi) is 6.27. The number of amidine groups is 1. The third kappa shape index (κ3) is 4.67. The smallest absolute Gasteiger partial charge is 0.258 e. The summed E-state index contributed by atoms with van der Waals surface area (Å²) in [5, 5.41) is 13.4. The Labute approximate surface area is 192 Å². The molecular weight excluding hydrogens is 477 g/mol. The molecule has 0 atom stereocenters. The van der Waals surface area contributed by atoms with Crippen LogP contribution >= 0.6 is 15.9 Å². The third-order valence-corrected chi connectivity index (χ3v) is 5.52. The van der Waals surface area contributed by atoms with Crippen LogP contribution in [0.15, 0.2) is 65.3 Å². The molecule has 0 radical (unpaired) electrons. The van der Waals surface area contributed by atoms with Gasteiger partial charge < -0.3 is 15.5 Å². The number of aromatic nitrogens is 1. The molecule has 0 bridgehead atoms. The van der Waals surface area contributed by atoms with Crippen molar-refractivity contribution >= 4 is 45.1 Å². The second-order valence-corrected chi connectivity index (χ2v) is 8.11. The molecule has 2 aromatic carbocycles. The van der Waals surface area contributed by atoms with Crippen molar-refractivity contribution in [3.63, 3.8) is 0 Å². The summed E-state index contributed by atoms with van der Waals surface area (Å²) < 4.78 is 15.4. The summed E-state index contributed by atoms with van der Waals surface area (Å²) in [6.07, 6.45) is 2.56. The van der Waals surface area contributed by atoms with Gasteiger partial charge in [0.1, 0.15) is 17.5 Å². The summed E-state index contributed by atoms with van der Waals surface area (Å²) in [5.41, 5.74) is 0.696. The van der Waals surface area contributed by atoms with Crippen LogP contribution in [0, 0.1) is 11.2 Å². The second-order valence-electron chi connectivity index (χ2n) is 7.20. The molecule has 2 amide bonds. The summed E-state index contributed by atoms with van der Waals surface area (Å²) >= 11 is 3.28. The molecule has 1 aromatic heterocycles. The summed E-state index contributed by atoms with van der Waals surface area (Å²) in [4.78, 5) is 31.4. The van der Waals surface area contributed by atoms with E-state index >= 15 is 0 Å². The monoisotopic (exact) mass is 495 g/mol. The first kappa shape index (κ1) is 21.6. The standard InChI is InChI=1S/C23H19BrFN5O2/c24-15-7-9-20(27-13-15)29-23(32)17-4-1-2-5-19(17)28-22(31)16-8-6-14(12-18(16)25)21(26)30-10-3-11-30/h1-2,4-9,12-13,26H,3,10-11H2,(H,28,31)(H,27,29,32). The highest BCUT2D eigenvalue weighted by atomic mass is 79.9. The van der Waals surface area contributed by atoms with Gasteiger partial charge in [-0.25, -0.2) is 9.37 Å². The van der Waals surface area contributed by atoms with E-state index in [-0.39, 0.29) is 22.6 Å². The van der Waals surface area contributed by atoms with Crippen molar-refractivity contribution in [1.29, 1.82) is 5.41 Å². The zero-order valence-corrected chi connectivity index (χ0v) is 18.4. The Morgan fingerprint density at radius 1 is 1.00 bits per heavy atom. The first-order chi connectivity index (χ1) is 15.4. The van der Waals surface area contributed by atoms with Gasteiger partial charge in [-0.05, 0) is 58.7 Å². The number of pyridine rings is 1. The van der Waals surface area contributed by atoms with Crippen LogP contribution in [0.4, 0.5) is 15.9 Å². The summed E-state index contributed by atoms with van der Waals surface area (Å²) in [5.74, 6) is -1.29. The zero-order valence-electron chi connectivity index (χ0n) is 16.9. The van der Waals surface area contributed by atoms with Gasteiger partial charge in [0.2, 0.25) is 0 Å². The Bertz CT molecular complexity index is 1200. The molecule has 0 aliphatic carbocycles.